The highest BCUT2D eigenvalue weighted by molar-refractivity contribution is 5.76. The molecule has 17 atom stereocenters. The van der Waals surface area contributed by atoms with E-state index in [1.54, 1.807) is 6.08 Å². The molecule has 0 aromatic rings. The smallest absolute Gasteiger partial charge is 0.220 e. The Morgan fingerprint density at radius 3 is 0.885 bits per heavy atom. The van der Waals surface area contributed by atoms with Gasteiger partial charge in [0.25, 0.3) is 0 Å². The molecule has 19 heteroatoms. The van der Waals surface area contributed by atoms with E-state index in [-0.39, 0.29) is 18.9 Å². The van der Waals surface area contributed by atoms with Crippen molar-refractivity contribution in [3.63, 3.8) is 0 Å². The molecule has 0 aliphatic carbocycles. The first-order chi connectivity index (χ1) is 55.3. The van der Waals surface area contributed by atoms with E-state index in [9.17, 15) is 61.0 Å². The highest BCUT2D eigenvalue weighted by Crippen LogP contribution is 2.34. The minimum Gasteiger partial charge on any atom is -0.394 e. The molecular weight excluding hydrogens is 1430 g/mol. The summed E-state index contributed by atoms with van der Waals surface area (Å²) < 4.78 is 34.5. The number of ether oxygens (including phenoxy) is 6. The zero-order valence-electron chi connectivity index (χ0n) is 72.1. The Labute approximate surface area is 689 Å². The van der Waals surface area contributed by atoms with Crippen LogP contribution >= 0.6 is 0 Å². The number of nitrogens with one attached hydrogen (secondary N) is 1. The summed E-state index contributed by atoms with van der Waals surface area (Å²) in [6.45, 7) is 1.79. The van der Waals surface area contributed by atoms with Crippen molar-refractivity contribution in [1.82, 2.24) is 5.32 Å². The standard InChI is InChI=1S/C94H177NO18/c1-3-5-7-9-11-13-15-17-19-21-23-25-27-29-31-33-35-36-37-38-39-40-42-44-46-48-50-52-54-56-58-60-62-64-66-68-70-72-82(100)95-77(78(99)71-69-67-65-63-61-59-57-55-53-51-49-47-45-43-41-34-32-30-28-26-24-22-20-18-16-14-12-10-8-6-4-2)76-108-92-88(106)85(103)90(80(74-97)110-92)113-94-89(107)86(104)91(81(75-98)111-94)112-93-87(105)84(102)83(101)79(73-96)109-93/h21,23,61,63,69,71,77-81,83-94,96-99,101-107H,3-20,22,24-60,62,64-68,70,72-76H2,1-2H3,(H,95,100)/b23-21-,63-61+,71-69+. The Balaban J connectivity index is 1.31. The van der Waals surface area contributed by atoms with Crippen LogP contribution in [0.2, 0.25) is 0 Å². The third-order valence-electron chi connectivity index (χ3n) is 23.9. The summed E-state index contributed by atoms with van der Waals surface area (Å²) in [6, 6.07) is -0.991. The van der Waals surface area contributed by atoms with Crippen LogP contribution in [-0.4, -0.2) is 193 Å². The maximum absolute atomic E-state index is 13.5. The van der Waals surface area contributed by atoms with E-state index in [2.05, 4.69) is 43.5 Å². The van der Waals surface area contributed by atoms with Gasteiger partial charge < -0.3 is 89.9 Å². The summed E-state index contributed by atoms with van der Waals surface area (Å²) in [5.41, 5.74) is 0. The largest absolute Gasteiger partial charge is 0.394 e. The molecule has 666 valence electrons. The zero-order valence-corrected chi connectivity index (χ0v) is 72.1. The van der Waals surface area contributed by atoms with Gasteiger partial charge in [-0.3, -0.25) is 4.79 Å². The van der Waals surface area contributed by atoms with Gasteiger partial charge in [0.1, 0.15) is 73.2 Å². The van der Waals surface area contributed by atoms with Crippen LogP contribution < -0.4 is 5.32 Å². The number of carbonyl (C=O) groups excluding carboxylic acids is 1. The van der Waals surface area contributed by atoms with Crippen LogP contribution in [0.5, 0.6) is 0 Å². The van der Waals surface area contributed by atoms with Gasteiger partial charge in [-0.25, -0.2) is 0 Å². The Morgan fingerprint density at radius 1 is 0.310 bits per heavy atom. The van der Waals surface area contributed by atoms with Crippen molar-refractivity contribution in [2.45, 2.75) is 529 Å². The van der Waals surface area contributed by atoms with Crippen LogP contribution in [0.3, 0.4) is 0 Å². The Bertz CT molecular complexity index is 2170. The van der Waals surface area contributed by atoms with Gasteiger partial charge in [0.05, 0.1) is 38.6 Å². The van der Waals surface area contributed by atoms with Crippen molar-refractivity contribution >= 4 is 5.91 Å². The molecule has 1 amide bonds. The minimum atomic E-state index is -1.98. The summed E-state index contributed by atoms with van der Waals surface area (Å²) in [7, 11) is 0. The molecule has 0 saturated carbocycles. The highest BCUT2D eigenvalue weighted by Gasteiger charge is 2.54. The lowest BCUT2D eigenvalue weighted by molar-refractivity contribution is -0.379. The number of carbonyl (C=O) groups is 1. The molecule has 17 unspecified atom stereocenters. The minimum absolute atomic E-state index is 0.240. The van der Waals surface area contributed by atoms with Gasteiger partial charge in [0, 0.05) is 6.42 Å². The van der Waals surface area contributed by atoms with Crippen LogP contribution in [0.4, 0.5) is 0 Å². The molecular formula is C94H177NO18. The molecule has 19 nitrogen and oxygen atoms in total. The number of rotatable bonds is 79. The number of aliphatic hydroxyl groups excluding tert-OH is 11. The molecule has 3 heterocycles. The van der Waals surface area contributed by atoms with Crippen molar-refractivity contribution in [3.8, 4) is 0 Å². The van der Waals surface area contributed by atoms with E-state index < -0.39 is 124 Å². The number of allylic oxidation sites excluding steroid dienone is 5. The van der Waals surface area contributed by atoms with Crippen molar-refractivity contribution < 1.29 is 89.4 Å². The normalized spacial score (nSPS) is 24.9. The summed E-state index contributed by atoms with van der Waals surface area (Å²) >= 11 is 0. The van der Waals surface area contributed by atoms with Crippen LogP contribution in [0.15, 0.2) is 36.5 Å². The lowest BCUT2D eigenvalue weighted by atomic mass is 9.96. The van der Waals surface area contributed by atoms with Gasteiger partial charge in [0.15, 0.2) is 18.9 Å². The first-order valence-electron chi connectivity index (χ1n) is 47.7. The van der Waals surface area contributed by atoms with E-state index in [1.807, 2.05) is 6.08 Å². The predicted molar refractivity (Wildman–Crippen MR) is 457 cm³/mol. The summed E-state index contributed by atoms with van der Waals surface area (Å²) in [5.74, 6) is -0.276. The second kappa shape index (κ2) is 73.9. The first kappa shape index (κ1) is 105. The molecule has 3 rings (SSSR count). The molecule has 12 N–H and O–H groups in total. The quantitative estimate of drug-likeness (QED) is 0.0199. The molecule has 3 aliphatic heterocycles. The van der Waals surface area contributed by atoms with Crippen molar-refractivity contribution in [2.75, 3.05) is 26.4 Å². The van der Waals surface area contributed by atoms with E-state index in [4.69, 9.17) is 28.4 Å². The number of unbranched alkanes of at least 4 members (excludes halogenated alkanes) is 59. The number of aliphatic hydroxyl groups is 11. The zero-order chi connectivity index (χ0) is 81.7. The molecule has 0 bridgehead atoms. The second-order valence-corrected chi connectivity index (χ2v) is 34.2. The molecule has 3 saturated heterocycles. The third-order valence-corrected chi connectivity index (χ3v) is 23.9. The molecule has 0 aromatic carbocycles. The fourth-order valence-corrected chi connectivity index (χ4v) is 16.3. The first-order valence-corrected chi connectivity index (χ1v) is 47.7. The van der Waals surface area contributed by atoms with Crippen molar-refractivity contribution in [2.24, 2.45) is 0 Å². The second-order valence-electron chi connectivity index (χ2n) is 34.2. The molecule has 3 fully saturated rings. The molecule has 113 heavy (non-hydrogen) atoms. The lowest BCUT2D eigenvalue weighted by Gasteiger charge is -2.48. The Hall–Kier alpha value is -1.99. The van der Waals surface area contributed by atoms with Crippen LogP contribution in [0, 0.1) is 0 Å². The maximum Gasteiger partial charge on any atom is 0.220 e. The van der Waals surface area contributed by atoms with Gasteiger partial charge in [0.2, 0.25) is 5.91 Å². The summed E-state index contributed by atoms with van der Waals surface area (Å²) in [4.78, 5) is 13.5. The fraction of sp³-hybridized carbons (Fsp3) is 0.926. The SMILES string of the molecule is CCCCCCCCCC/C=C\CCCCCCCCCCCCCCCCCCCCCCCCCCCC(=O)NC(COC1OC(CO)C(OC2OC(CO)C(OC3OC(CO)C(O)C(O)C3O)C(O)C2O)C(O)C1O)C(O)/C=C/CC/C=C/CCCCCCCCCCCCCCCCCCCCCCCCCCC. The Morgan fingerprint density at radius 2 is 0.566 bits per heavy atom. The van der Waals surface area contributed by atoms with Gasteiger partial charge >= 0.3 is 0 Å². The molecule has 3 aliphatic rings. The Kier molecular flexibility index (Phi) is 68.8. The van der Waals surface area contributed by atoms with Crippen LogP contribution in [0.1, 0.15) is 425 Å². The number of amides is 1. The average Bonchev–Trinajstić information content (AvgIpc) is 0.779. The summed E-state index contributed by atoms with van der Waals surface area (Å²) in [5, 5.41) is 121. The highest BCUT2D eigenvalue weighted by atomic mass is 16.8. The van der Waals surface area contributed by atoms with Gasteiger partial charge in [-0.2, -0.15) is 0 Å². The van der Waals surface area contributed by atoms with Crippen molar-refractivity contribution in [1.29, 1.82) is 0 Å². The summed E-state index contributed by atoms with van der Waals surface area (Å²) in [6.07, 6.45) is 69.0. The molecule has 0 spiro atoms. The topological polar surface area (TPSA) is 307 Å². The van der Waals surface area contributed by atoms with E-state index in [1.165, 1.54) is 353 Å². The van der Waals surface area contributed by atoms with Gasteiger partial charge in [-0.1, -0.05) is 397 Å². The molecule has 0 radical (unpaired) electrons. The van der Waals surface area contributed by atoms with Gasteiger partial charge in [-0.15, -0.1) is 0 Å². The molecule has 0 aromatic heterocycles. The van der Waals surface area contributed by atoms with E-state index in [0.717, 1.165) is 38.5 Å². The van der Waals surface area contributed by atoms with Gasteiger partial charge in [-0.05, 0) is 57.8 Å². The third kappa shape index (κ3) is 52.1. The number of hydrogen-bond acceptors (Lipinski definition) is 18. The van der Waals surface area contributed by atoms with Crippen LogP contribution in [0.25, 0.3) is 0 Å². The monoisotopic (exact) mass is 1610 g/mol. The van der Waals surface area contributed by atoms with Crippen LogP contribution in [-0.2, 0) is 33.2 Å². The maximum atomic E-state index is 13.5. The van der Waals surface area contributed by atoms with Crippen molar-refractivity contribution in [3.05, 3.63) is 36.5 Å². The predicted octanol–water partition coefficient (Wildman–Crippen LogP) is 19.0. The van der Waals surface area contributed by atoms with E-state index in [0.29, 0.717) is 12.8 Å². The average molecular weight is 1610 g/mol. The van der Waals surface area contributed by atoms with E-state index >= 15 is 0 Å². The number of hydrogen-bond donors (Lipinski definition) is 12. The lowest BCUT2D eigenvalue weighted by Crippen LogP contribution is -2.66. The fourth-order valence-electron chi connectivity index (χ4n) is 16.3.